The molecule has 110 valence electrons. The molecule has 0 aliphatic carbocycles. The van der Waals surface area contributed by atoms with Gasteiger partial charge in [0.2, 0.25) is 0 Å². The van der Waals surface area contributed by atoms with Gasteiger partial charge in [-0.25, -0.2) is 4.39 Å². The molecule has 0 aliphatic heterocycles. The van der Waals surface area contributed by atoms with Gasteiger partial charge in [-0.15, -0.1) is 0 Å². The number of halogens is 2. The maximum atomic E-state index is 13.7. The molecule has 0 fully saturated rings. The van der Waals surface area contributed by atoms with Gasteiger partial charge in [-0.05, 0) is 36.4 Å². The molecule has 6 heteroatoms. The first kappa shape index (κ1) is 15.3. The second-order valence-electron chi connectivity index (χ2n) is 4.22. The standard InChI is InChI=1S/C15H14ClFN2O2/c16-13-3-1-2-12(14(13)17)15(20)19-10-4-6-11(7-5-10)21-9-8-18/h1-7H,8-9,18H2,(H,19,20). The van der Waals surface area contributed by atoms with E-state index >= 15 is 0 Å². The molecule has 4 nitrogen and oxygen atoms in total. The second kappa shape index (κ2) is 7.06. The van der Waals surface area contributed by atoms with Crippen molar-refractivity contribution in [1.29, 1.82) is 0 Å². The van der Waals surface area contributed by atoms with Crippen LogP contribution in [-0.4, -0.2) is 19.1 Å². The van der Waals surface area contributed by atoms with Crippen LogP contribution in [-0.2, 0) is 0 Å². The van der Waals surface area contributed by atoms with E-state index in [1.54, 1.807) is 24.3 Å². The molecule has 0 aromatic heterocycles. The van der Waals surface area contributed by atoms with E-state index in [1.807, 2.05) is 0 Å². The summed E-state index contributed by atoms with van der Waals surface area (Å²) in [5, 5.41) is 2.50. The van der Waals surface area contributed by atoms with Crippen LogP contribution in [0.1, 0.15) is 10.4 Å². The highest BCUT2D eigenvalue weighted by Crippen LogP contribution is 2.20. The smallest absolute Gasteiger partial charge is 0.258 e. The fraction of sp³-hybridized carbons (Fsp3) is 0.133. The largest absolute Gasteiger partial charge is 0.492 e. The van der Waals surface area contributed by atoms with E-state index in [1.165, 1.54) is 18.2 Å². The number of rotatable bonds is 5. The molecule has 0 bridgehead atoms. The maximum Gasteiger partial charge on any atom is 0.258 e. The molecule has 3 N–H and O–H groups in total. The summed E-state index contributed by atoms with van der Waals surface area (Å²) in [4.78, 5) is 12.0. The van der Waals surface area contributed by atoms with E-state index in [-0.39, 0.29) is 10.6 Å². The van der Waals surface area contributed by atoms with E-state index in [2.05, 4.69) is 5.32 Å². The summed E-state index contributed by atoms with van der Waals surface area (Å²) in [7, 11) is 0. The van der Waals surface area contributed by atoms with E-state index in [0.29, 0.717) is 24.6 Å². The maximum absolute atomic E-state index is 13.7. The van der Waals surface area contributed by atoms with E-state index in [9.17, 15) is 9.18 Å². The van der Waals surface area contributed by atoms with Crippen LogP contribution < -0.4 is 15.8 Å². The predicted octanol–water partition coefficient (Wildman–Crippen LogP) is 3.07. The summed E-state index contributed by atoms with van der Waals surface area (Å²) < 4.78 is 19.1. The highest BCUT2D eigenvalue weighted by atomic mass is 35.5. The third-order valence-electron chi connectivity index (χ3n) is 2.69. The highest BCUT2D eigenvalue weighted by Gasteiger charge is 2.14. The van der Waals surface area contributed by atoms with Crippen LogP contribution in [0.25, 0.3) is 0 Å². The third kappa shape index (κ3) is 3.93. The molecule has 0 unspecified atom stereocenters. The Hall–Kier alpha value is -2.11. The number of nitrogens with one attached hydrogen (secondary N) is 1. The molecular formula is C15H14ClFN2O2. The molecule has 2 aromatic carbocycles. The Morgan fingerprint density at radius 2 is 1.95 bits per heavy atom. The van der Waals surface area contributed by atoms with Gasteiger partial charge >= 0.3 is 0 Å². The molecule has 2 rings (SSSR count). The summed E-state index contributed by atoms with van der Waals surface area (Å²) in [6.45, 7) is 0.839. The van der Waals surface area contributed by atoms with Crippen LogP contribution in [0.2, 0.25) is 5.02 Å². The average Bonchev–Trinajstić information content (AvgIpc) is 2.49. The number of nitrogens with two attached hydrogens (primary N) is 1. The van der Waals surface area contributed by atoms with Gasteiger partial charge in [-0.1, -0.05) is 17.7 Å². The summed E-state index contributed by atoms with van der Waals surface area (Å²) >= 11 is 5.65. The fourth-order valence-electron chi connectivity index (χ4n) is 1.69. The number of ether oxygens (including phenoxy) is 1. The van der Waals surface area contributed by atoms with Gasteiger partial charge in [-0.2, -0.15) is 0 Å². The minimum atomic E-state index is -0.737. The van der Waals surface area contributed by atoms with Crippen LogP contribution in [0.15, 0.2) is 42.5 Å². The zero-order valence-electron chi connectivity index (χ0n) is 11.1. The Kier molecular flexibility index (Phi) is 5.14. The van der Waals surface area contributed by atoms with Crippen molar-refractivity contribution >= 4 is 23.2 Å². The van der Waals surface area contributed by atoms with Gasteiger partial charge in [0.1, 0.15) is 12.4 Å². The van der Waals surface area contributed by atoms with Gasteiger partial charge in [0, 0.05) is 12.2 Å². The first-order valence-electron chi connectivity index (χ1n) is 6.30. The quantitative estimate of drug-likeness (QED) is 0.892. The molecular weight excluding hydrogens is 295 g/mol. The Labute approximate surface area is 126 Å². The second-order valence-corrected chi connectivity index (χ2v) is 4.62. The van der Waals surface area contributed by atoms with Crippen LogP contribution in [0.3, 0.4) is 0 Å². The summed E-state index contributed by atoms with van der Waals surface area (Å²) in [5.41, 5.74) is 5.76. The van der Waals surface area contributed by atoms with Crippen molar-refractivity contribution in [1.82, 2.24) is 0 Å². The lowest BCUT2D eigenvalue weighted by atomic mass is 10.2. The Balaban J connectivity index is 2.07. The van der Waals surface area contributed by atoms with E-state index < -0.39 is 11.7 Å². The monoisotopic (exact) mass is 308 g/mol. The molecule has 0 radical (unpaired) electrons. The molecule has 0 saturated heterocycles. The summed E-state index contributed by atoms with van der Waals surface area (Å²) in [5.74, 6) is -0.655. The van der Waals surface area contributed by atoms with Crippen molar-refractivity contribution < 1.29 is 13.9 Å². The third-order valence-corrected chi connectivity index (χ3v) is 2.99. The molecule has 0 aliphatic rings. The first-order valence-corrected chi connectivity index (χ1v) is 6.68. The molecule has 1 amide bonds. The van der Waals surface area contributed by atoms with Crippen molar-refractivity contribution in [2.75, 3.05) is 18.5 Å². The van der Waals surface area contributed by atoms with Gasteiger partial charge in [0.25, 0.3) is 5.91 Å². The minimum absolute atomic E-state index is 0.0896. The van der Waals surface area contributed by atoms with Crippen LogP contribution in [0.4, 0.5) is 10.1 Å². The van der Waals surface area contributed by atoms with Crippen molar-refractivity contribution in [3.8, 4) is 5.75 Å². The number of hydrogen-bond acceptors (Lipinski definition) is 3. The molecule has 0 saturated carbocycles. The van der Waals surface area contributed by atoms with Crippen molar-refractivity contribution in [3.63, 3.8) is 0 Å². The first-order chi connectivity index (χ1) is 10.1. The van der Waals surface area contributed by atoms with Gasteiger partial charge < -0.3 is 15.8 Å². The number of hydrogen-bond donors (Lipinski definition) is 2. The lowest BCUT2D eigenvalue weighted by Crippen LogP contribution is -2.14. The zero-order valence-corrected chi connectivity index (χ0v) is 11.9. The van der Waals surface area contributed by atoms with Crippen molar-refractivity contribution in [2.24, 2.45) is 5.73 Å². The van der Waals surface area contributed by atoms with E-state index in [0.717, 1.165) is 0 Å². The molecule has 0 heterocycles. The summed E-state index contributed by atoms with van der Waals surface area (Å²) in [6.07, 6.45) is 0. The SMILES string of the molecule is NCCOc1ccc(NC(=O)c2cccc(Cl)c2F)cc1. The number of carbonyl (C=O) groups is 1. The fourth-order valence-corrected chi connectivity index (χ4v) is 1.86. The lowest BCUT2D eigenvalue weighted by Gasteiger charge is -2.08. The highest BCUT2D eigenvalue weighted by molar-refractivity contribution is 6.31. The summed E-state index contributed by atoms with van der Waals surface area (Å²) in [6, 6.07) is 11.0. The minimum Gasteiger partial charge on any atom is -0.492 e. The molecule has 21 heavy (non-hydrogen) atoms. The molecule has 2 aromatic rings. The average molecular weight is 309 g/mol. The van der Waals surface area contributed by atoms with Crippen LogP contribution in [0, 0.1) is 5.82 Å². The van der Waals surface area contributed by atoms with E-state index in [4.69, 9.17) is 22.1 Å². The topological polar surface area (TPSA) is 64.3 Å². The van der Waals surface area contributed by atoms with Gasteiger partial charge in [0.05, 0.1) is 10.6 Å². The molecule has 0 spiro atoms. The number of amides is 1. The van der Waals surface area contributed by atoms with Crippen molar-refractivity contribution in [3.05, 3.63) is 58.9 Å². The van der Waals surface area contributed by atoms with Crippen molar-refractivity contribution in [2.45, 2.75) is 0 Å². The van der Waals surface area contributed by atoms with Gasteiger partial charge in [0.15, 0.2) is 5.82 Å². The van der Waals surface area contributed by atoms with Crippen LogP contribution >= 0.6 is 11.6 Å². The number of benzene rings is 2. The lowest BCUT2D eigenvalue weighted by molar-refractivity contribution is 0.102. The number of anilines is 1. The Morgan fingerprint density at radius 1 is 1.24 bits per heavy atom. The molecule has 0 atom stereocenters. The zero-order chi connectivity index (χ0) is 15.2. The Morgan fingerprint density at radius 3 is 2.62 bits per heavy atom. The van der Waals surface area contributed by atoms with Gasteiger partial charge in [-0.3, -0.25) is 4.79 Å². The Bertz CT molecular complexity index is 632. The predicted molar refractivity (Wildman–Crippen MR) is 80.4 cm³/mol. The number of carbonyl (C=O) groups excluding carboxylic acids is 1. The normalized spacial score (nSPS) is 10.2. The van der Waals surface area contributed by atoms with Crippen LogP contribution in [0.5, 0.6) is 5.75 Å².